The molecule has 0 fully saturated rings. The van der Waals surface area contributed by atoms with E-state index < -0.39 is 0 Å². The van der Waals surface area contributed by atoms with E-state index >= 15 is 0 Å². The van der Waals surface area contributed by atoms with Crippen molar-refractivity contribution in [3.05, 3.63) is 23.8 Å². The van der Waals surface area contributed by atoms with Crippen LogP contribution in [0.2, 0.25) is 0 Å². The molecule has 0 aliphatic rings. The lowest BCUT2D eigenvalue weighted by Gasteiger charge is -2.09. The molecule has 0 saturated heterocycles. The molecule has 86 valence electrons. The number of hydrogen-bond donors (Lipinski definition) is 0. The quantitative estimate of drug-likeness (QED) is 0.478. The number of hydrogen-bond acceptors (Lipinski definition) is 1. The van der Waals surface area contributed by atoms with E-state index in [1.54, 1.807) is 0 Å². The zero-order chi connectivity index (χ0) is 11.9. The molecule has 15 heavy (non-hydrogen) atoms. The molecule has 0 N–H and O–H groups in total. The maximum atomic E-state index is 4.41. The van der Waals surface area contributed by atoms with Gasteiger partial charge in [0.15, 0.2) is 0 Å². The van der Waals surface area contributed by atoms with Crippen LogP contribution in [0.25, 0.3) is 0 Å². The van der Waals surface area contributed by atoms with Gasteiger partial charge in [0, 0.05) is 6.21 Å². The molecule has 0 heterocycles. The summed E-state index contributed by atoms with van der Waals surface area (Å²) in [4.78, 5) is 4.41. The van der Waals surface area contributed by atoms with Gasteiger partial charge in [-0.3, -0.25) is 4.99 Å². The maximum Gasteiger partial charge on any atom is 0.0524 e. The molecule has 0 aromatic heterocycles. The lowest BCUT2D eigenvalue weighted by atomic mass is 10.1. The van der Waals surface area contributed by atoms with Gasteiger partial charge < -0.3 is 0 Å². The molecule has 0 atom stereocenters. The summed E-state index contributed by atoms with van der Waals surface area (Å²) in [6, 6.07) is 0. The Bertz CT molecular complexity index is 249. The van der Waals surface area contributed by atoms with E-state index in [9.17, 15) is 0 Å². The van der Waals surface area contributed by atoms with Crippen molar-refractivity contribution in [3.63, 3.8) is 0 Å². The van der Waals surface area contributed by atoms with Crippen molar-refractivity contribution < 1.29 is 0 Å². The summed E-state index contributed by atoms with van der Waals surface area (Å²) in [5.74, 6) is 0.640. The van der Waals surface area contributed by atoms with Gasteiger partial charge >= 0.3 is 0 Å². The Kier molecular flexibility index (Phi) is 6.23. The molecule has 1 heteroatoms. The van der Waals surface area contributed by atoms with E-state index in [2.05, 4.69) is 64.8 Å². The average molecular weight is 207 g/mol. The van der Waals surface area contributed by atoms with Crippen LogP contribution in [0.4, 0.5) is 0 Å². The SMILES string of the molecule is C/C(=C\C=NC(C)(C)C)C/C=C/C(C)C. The Morgan fingerprint density at radius 3 is 2.33 bits per heavy atom. The summed E-state index contributed by atoms with van der Waals surface area (Å²) < 4.78 is 0. The van der Waals surface area contributed by atoms with E-state index in [1.807, 2.05) is 6.21 Å². The minimum absolute atomic E-state index is 0.0323. The topological polar surface area (TPSA) is 12.4 Å². The van der Waals surface area contributed by atoms with Crippen molar-refractivity contribution in [2.75, 3.05) is 0 Å². The van der Waals surface area contributed by atoms with Crippen molar-refractivity contribution in [2.24, 2.45) is 10.9 Å². The van der Waals surface area contributed by atoms with Gasteiger partial charge in [-0.25, -0.2) is 0 Å². The summed E-state index contributed by atoms with van der Waals surface area (Å²) in [5.41, 5.74) is 1.38. The molecule has 0 unspecified atom stereocenters. The summed E-state index contributed by atoms with van der Waals surface area (Å²) in [5, 5.41) is 0. The summed E-state index contributed by atoms with van der Waals surface area (Å²) >= 11 is 0. The highest BCUT2D eigenvalue weighted by Crippen LogP contribution is 2.06. The lowest BCUT2D eigenvalue weighted by Crippen LogP contribution is -2.08. The first-order chi connectivity index (χ1) is 6.81. The first-order valence-corrected chi connectivity index (χ1v) is 5.69. The normalized spacial score (nSPS) is 14.7. The molecular formula is C14H25N. The molecule has 0 aliphatic heterocycles. The number of allylic oxidation sites excluding steroid dienone is 4. The van der Waals surface area contributed by atoms with Crippen LogP contribution in [-0.2, 0) is 0 Å². The summed E-state index contributed by atoms with van der Waals surface area (Å²) in [6.07, 6.45) is 9.49. The van der Waals surface area contributed by atoms with Crippen LogP contribution in [0.15, 0.2) is 28.8 Å². The standard InChI is InChI=1S/C14H25N/c1-12(2)8-7-9-13(3)10-11-15-14(4,5)6/h7-8,10-12H,9H2,1-6H3/b8-7+,13-10+,15-11?. The third-order valence-electron chi connectivity index (χ3n) is 1.78. The van der Waals surface area contributed by atoms with Gasteiger partial charge in [-0.15, -0.1) is 0 Å². The number of rotatable bonds is 4. The van der Waals surface area contributed by atoms with Crippen molar-refractivity contribution in [2.45, 2.75) is 53.5 Å². The molecule has 0 bridgehead atoms. The minimum Gasteiger partial charge on any atom is -0.287 e. The number of aliphatic imine (C=N–C) groups is 1. The molecule has 0 rings (SSSR count). The average Bonchev–Trinajstić information content (AvgIpc) is 2.00. The molecule has 0 aromatic carbocycles. The van der Waals surface area contributed by atoms with Gasteiger partial charge in [-0.1, -0.05) is 31.6 Å². The highest BCUT2D eigenvalue weighted by atomic mass is 14.8. The Labute approximate surface area is 95.0 Å². The fraction of sp³-hybridized carbons (Fsp3) is 0.643. The molecule has 0 radical (unpaired) electrons. The van der Waals surface area contributed by atoms with E-state index in [1.165, 1.54) is 5.57 Å². The van der Waals surface area contributed by atoms with Gasteiger partial charge in [-0.05, 0) is 46.1 Å². The lowest BCUT2D eigenvalue weighted by molar-refractivity contribution is 0.587. The van der Waals surface area contributed by atoms with Gasteiger partial charge in [0.05, 0.1) is 5.54 Å². The second-order valence-corrected chi connectivity index (χ2v) is 5.34. The van der Waals surface area contributed by atoms with E-state index in [0.29, 0.717) is 5.92 Å². The van der Waals surface area contributed by atoms with Crippen LogP contribution in [-0.4, -0.2) is 11.8 Å². The molecule has 0 spiro atoms. The van der Waals surface area contributed by atoms with Gasteiger partial charge in [0.25, 0.3) is 0 Å². The largest absolute Gasteiger partial charge is 0.287 e. The van der Waals surface area contributed by atoms with Crippen molar-refractivity contribution in [1.29, 1.82) is 0 Å². The zero-order valence-corrected chi connectivity index (χ0v) is 11.0. The van der Waals surface area contributed by atoms with Crippen LogP contribution in [0.5, 0.6) is 0 Å². The second kappa shape index (κ2) is 6.60. The Morgan fingerprint density at radius 1 is 1.27 bits per heavy atom. The Hall–Kier alpha value is -0.850. The highest BCUT2D eigenvalue weighted by molar-refractivity contribution is 5.72. The zero-order valence-electron chi connectivity index (χ0n) is 11.0. The summed E-state index contributed by atoms with van der Waals surface area (Å²) in [7, 11) is 0. The van der Waals surface area contributed by atoms with Gasteiger partial charge in [0.1, 0.15) is 0 Å². The molecule has 1 nitrogen and oxygen atoms in total. The fourth-order valence-electron chi connectivity index (χ4n) is 0.982. The van der Waals surface area contributed by atoms with Gasteiger partial charge in [0.2, 0.25) is 0 Å². The molecule has 0 amide bonds. The molecule has 0 saturated carbocycles. The highest BCUT2D eigenvalue weighted by Gasteiger charge is 2.03. The van der Waals surface area contributed by atoms with E-state index in [0.717, 1.165) is 6.42 Å². The summed E-state index contributed by atoms with van der Waals surface area (Å²) in [6.45, 7) is 12.8. The molecule has 0 aromatic rings. The fourth-order valence-corrected chi connectivity index (χ4v) is 0.982. The monoisotopic (exact) mass is 207 g/mol. The van der Waals surface area contributed by atoms with Crippen LogP contribution in [0.1, 0.15) is 48.0 Å². The van der Waals surface area contributed by atoms with Crippen molar-refractivity contribution >= 4 is 6.21 Å². The smallest absolute Gasteiger partial charge is 0.0524 e. The van der Waals surface area contributed by atoms with Crippen molar-refractivity contribution in [3.8, 4) is 0 Å². The first-order valence-electron chi connectivity index (χ1n) is 5.69. The van der Waals surface area contributed by atoms with Gasteiger partial charge in [-0.2, -0.15) is 0 Å². The van der Waals surface area contributed by atoms with E-state index in [4.69, 9.17) is 0 Å². The molecule has 0 aliphatic carbocycles. The Morgan fingerprint density at radius 2 is 1.87 bits per heavy atom. The predicted molar refractivity (Wildman–Crippen MR) is 70.6 cm³/mol. The van der Waals surface area contributed by atoms with Crippen LogP contribution in [0, 0.1) is 5.92 Å². The number of nitrogens with zero attached hydrogens (tertiary/aromatic N) is 1. The second-order valence-electron chi connectivity index (χ2n) is 5.34. The first kappa shape index (κ1) is 14.2. The van der Waals surface area contributed by atoms with Crippen molar-refractivity contribution in [1.82, 2.24) is 0 Å². The third-order valence-corrected chi connectivity index (χ3v) is 1.78. The third kappa shape index (κ3) is 11.1. The Balaban J connectivity index is 4.06. The maximum absolute atomic E-state index is 4.41. The van der Waals surface area contributed by atoms with E-state index in [-0.39, 0.29) is 5.54 Å². The van der Waals surface area contributed by atoms with Crippen LogP contribution >= 0.6 is 0 Å². The predicted octanol–water partition coefficient (Wildman–Crippen LogP) is 4.40. The minimum atomic E-state index is 0.0323. The van der Waals surface area contributed by atoms with Crippen LogP contribution in [0.3, 0.4) is 0 Å². The van der Waals surface area contributed by atoms with Crippen LogP contribution < -0.4 is 0 Å². The molecular weight excluding hydrogens is 182 g/mol.